The van der Waals surface area contributed by atoms with Crippen LogP contribution in [0.4, 0.5) is 0 Å². The summed E-state index contributed by atoms with van der Waals surface area (Å²) in [6.45, 7) is 5.51. The predicted octanol–water partition coefficient (Wildman–Crippen LogP) is 3.73. The van der Waals surface area contributed by atoms with E-state index in [1.807, 2.05) is 26.0 Å². The van der Waals surface area contributed by atoms with Crippen LogP contribution in [0.25, 0.3) is 0 Å². The smallest absolute Gasteiger partial charge is 0.338 e. The third-order valence-electron chi connectivity index (χ3n) is 2.99. The second kappa shape index (κ2) is 5.98. The zero-order chi connectivity index (χ0) is 15.6. The first-order valence-corrected chi connectivity index (χ1v) is 7.14. The first-order valence-electron chi connectivity index (χ1n) is 6.32. The van der Waals surface area contributed by atoms with Gasteiger partial charge in [0.25, 0.3) is 0 Å². The van der Waals surface area contributed by atoms with E-state index in [-0.39, 0.29) is 5.56 Å². The fourth-order valence-corrected chi connectivity index (χ4v) is 3.26. The van der Waals surface area contributed by atoms with E-state index in [9.17, 15) is 15.2 Å². The van der Waals surface area contributed by atoms with Crippen LogP contribution in [0.5, 0.6) is 0 Å². The Balaban J connectivity index is 2.57. The van der Waals surface area contributed by atoms with Crippen LogP contribution in [-0.2, 0) is 0 Å². The average molecular weight is 298 g/mol. The zero-order valence-corrected chi connectivity index (χ0v) is 12.8. The van der Waals surface area contributed by atoms with Gasteiger partial charge in [-0.15, -0.1) is 0 Å². The number of pyridine rings is 1. The van der Waals surface area contributed by atoms with Crippen LogP contribution in [0.2, 0.25) is 0 Å². The van der Waals surface area contributed by atoms with Crippen LogP contribution in [0, 0.1) is 32.1 Å². The van der Waals surface area contributed by atoms with Gasteiger partial charge in [-0.25, -0.2) is 9.78 Å². The highest BCUT2D eigenvalue weighted by Gasteiger charge is 2.18. The molecule has 106 valence electrons. The van der Waals surface area contributed by atoms with Gasteiger partial charge in [0.1, 0.15) is 11.1 Å². The second-order valence-corrected chi connectivity index (χ2v) is 5.81. The normalized spacial score (nSPS) is 10.2. The molecule has 0 aliphatic heterocycles. The molecule has 0 aliphatic carbocycles. The number of carboxylic acid groups (broad SMARTS) is 1. The van der Waals surface area contributed by atoms with Crippen LogP contribution < -0.4 is 0 Å². The van der Waals surface area contributed by atoms with Crippen molar-refractivity contribution in [3.05, 3.63) is 52.2 Å². The molecule has 0 saturated heterocycles. The zero-order valence-electron chi connectivity index (χ0n) is 12.0. The van der Waals surface area contributed by atoms with Gasteiger partial charge < -0.3 is 5.11 Å². The minimum atomic E-state index is -1.01. The third-order valence-corrected chi connectivity index (χ3v) is 4.04. The van der Waals surface area contributed by atoms with Gasteiger partial charge in [0, 0.05) is 10.6 Å². The van der Waals surface area contributed by atoms with Gasteiger partial charge >= 0.3 is 5.97 Å². The molecule has 0 unspecified atom stereocenters. The summed E-state index contributed by atoms with van der Waals surface area (Å²) in [4.78, 5) is 16.5. The average Bonchev–Trinajstić information content (AvgIpc) is 2.37. The number of hydrogen-bond acceptors (Lipinski definition) is 4. The summed E-state index contributed by atoms with van der Waals surface area (Å²) in [5, 5.41) is 19.0. The van der Waals surface area contributed by atoms with Crippen molar-refractivity contribution in [3.8, 4) is 6.07 Å². The number of benzene rings is 1. The maximum absolute atomic E-state index is 11.4. The molecule has 5 heteroatoms. The standard InChI is InChI=1S/C16H14N2O2S/c1-9-4-5-12(8-17)13(6-9)21-15-14(16(19)20)10(2)7-11(3)18-15/h4-7H,1-3H3,(H,19,20). The summed E-state index contributed by atoms with van der Waals surface area (Å²) in [5.74, 6) is -1.01. The van der Waals surface area contributed by atoms with Crippen molar-refractivity contribution >= 4 is 17.7 Å². The van der Waals surface area contributed by atoms with Crippen molar-refractivity contribution < 1.29 is 9.90 Å². The monoisotopic (exact) mass is 298 g/mol. The molecule has 1 aromatic carbocycles. The maximum Gasteiger partial charge on any atom is 0.338 e. The molecular weight excluding hydrogens is 284 g/mol. The summed E-state index contributed by atoms with van der Waals surface area (Å²) in [5.41, 5.74) is 3.14. The van der Waals surface area contributed by atoms with Crippen molar-refractivity contribution in [2.45, 2.75) is 30.7 Å². The predicted molar refractivity (Wildman–Crippen MR) is 80.7 cm³/mol. The van der Waals surface area contributed by atoms with Crippen LogP contribution >= 0.6 is 11.8 Å². The maximum atomic E-state index is 11.4. The summed E-state index contributed by atoms with van der Waals surface area (Å²) in [6, 6.07) is 9.33. The van der Waals surface area contributed by atoms with Gasteiger partial charge in [-0.3, -0.25) is 0 Å². The molecule has 0 fully saturated rings. The minimum Gasteiger partial charge on any atom is -0.478 e. The molecule has 0 bridgehead atoms. The Bertz CT molecular complexity index is 764. The highest BCUT2D eigenvalue weighted by atomic mass is 32.2. The minimum absolute atomic E-state index is 0.191. The first-order chi connectivity index (χ1) is 9.92. The summed E-state index contributed by atoms with van der Waals surface area (Å²) in [7, 11) is 0. The highest BCUT2D eigenvalue weighted by Crippen LogP contribution is 2.33. The number of nitriles is 1. The van der Waals surface area contributed by atoms with Crippen molar-refractivity contribution in [2.24, 2.45) is 0 Å². The molecule has 2 rings (SSSR count). The van der Waals surface area contributed by atoms with Gasteiger partial charge in [0.05, 0.1) is 11.1 Å². The number of carboxylic acids is 1. The van der Waals surface area contributed by atoms with E-state index in [1.54, 1.807) is 19.1 Å². The molecule has 0 amide bonds. The van der Waals surface area contributed by atoms with E-state index in [1.165, 1.54) is 11.8 Å². The van der Waals surface area contributed by atoms with Gasteiger partial charge in [-0.1, -0.05) is 17.8 Å². The molecule has 4 nitrogen and oxygen atoms in total. The fourth-order valence-electron chi connectivity index (χ4n) is 2.05. The van der Waals surface area contributed by atoms with E-state index < -0.39 is 5.97 Å². The molecule has 0 saturated carbocycles. The van der Waals surface area contributed by atoms with Crippen molar-refractivity contribution in [1.29, 1.82) is 5.26 Å². The Morgan fingerprint density at radius 2 is 2.00 bits per heavy atom. The Labute approximate surface area is 127 Å². The van der Waals surface area contributed by atoms with Gasteiger partial charge in [-0.2, -0.15) is 5.26 Å². The summed E-state index contributed by atoms with van der Waals surface area (Å²) < 4.78 is 0. The van der Waals surface area contributed by atoms with Crippen molar-refractivity contribution in [3.63, 3.8) is 0 Å². The Morgan fingerprint density at radius 1 is 1.29 bits per heavy atom. The largest absolute Gasteiger partial charge is 0.478 e. The van der Waals surface area contributed by atoms with Crippen LogP contribution in [0.3, 0.4) is 0 Å². The molecule has 0 atom stereocenters. The van der Waals surface area contributed by atoms with Crippen LogP contribution in [0.15, 0.2) is 34.2 Å². The van der Waals surface area contributed by atoms with E-state index >= 15 is 0 Å². The van der Waals surface area contributed by atoms with Gasteiger partial charge in [0.2, 0.25) is 0 Å². The van der Waals surface area contributed by atoms with Crippen molar-refractivity contribution in [1.82, 2.24) is 4.98 Å². The molecule has 21 heavy (non-hydrogen) atoms. The molecular formula is C16H14N2O2S. The number of rotatable bonds is 3. The lowest BCUT2D eigenvalue weighted by Gasteiger charge is -2.10. The van der Waals surface area contributed by atoms with Crippen molar-refractivity contribution in [2.75, 3.05) is 0 Å². The van der Waals surface area contributed by atoms with Gasteiger partial charge in [-0.05, 0) is 50.1 Å². The van der Waals surface area contributed by atoms with E-state index in [4.69, 9.17) is 0 Å². The lowest BCUT2D eigenvalue weighted by atomic mass is 10.1. The molecule has 0 radical (unpaired) electrons. The third kappa shape index (κ3) is 3.23. The molecule has 1 N–H and O–H groups in total. The number of nitrogens with zero attached hydrogens (tertiary/aromatic N) is 2. The fraction of sp³-hybridized carbons (Fsp3) is 0.188. The first kappa shape index (κ1) is 15.1. The SMILES string of the molecule is Cc1ccc(C#N)c(Sc2nc(C)cc(C)c2C(=O)O)c1. The van der Waals surface area contributed by atoms with Gasteiger partial charge in [0.15, 0.2) is 0 Å². The molecule has 0 spiro atoms. The number of hydrogen-bond donors (Lipinski definition) is 1. The number of carbonyl (C=O) groups is 1. The number of aromatic nitrogens is 1. The topological polar surface area (TPSA) is 74.0 Å². The quantitative estimate of drug-likeness (QED) is 0.934. The van der Waals surface area contributed by atoms with E-state index in [0.29, 0.717) is 16.2 Å². The number of aromatic carboxylic acids is 1. The van der Waals surface area contributed by atoms with E-state index in [0.717, 1.165) is 16.2 Å². The van der Waals surface area contributed by atoms with E-state index in [2.05, 4.69) is 11.1 Å². The Morgan fingerprint density at radius 3 is 2.62 bits per heavy atom. The molecule has 0 aliphatic rings. The summed E-state index contributed by atoms with van der Waals surface area (Å²) in [6.07, 6.45) is 0. The lowest BCUT2D eigenvalue weighted by Crippen LogP contribution is -2.05. The molecule has 1 heterocycles. The molecule has 1 aromatic heterocycles. The number of aryl methyl sites for hydroxylation is 3. The lowest BCUT2D eigenvalue weighted by molar-refractivity contribution is 0.0691. The summed E-state index contributed by atoms with van der Waals surface area (Å²) >= 11 is 1.22. The Kier molecular flexibility index (Phi) is 4.29. The second-order valence-electron chi connectivity index (χ2n) is 4.78. The Hall–Kier alpha value is -2.32. The van der Waals surface area contributed by atoms with Crippen LogP contribution in [0.1, 0.15) is 32.7 Å². The van der Waals surface area contributed by atoms with Crippen LogP contribution in [-0.4, -0.2) is 16.1 Å². The molecule has 2 aromatic rings. The highest BCUT2D eigenvalue weighted by molar-refractivity contribution is 7.99.